The number of nitro benzene ring substituents is 1. The monoisotopic (exact) mass is 467 g/mol. The largest absolute Gasteiger partial charge is 0.454 e. The summed E-state index contributed by atoms with van der Waals surface area (Å²) in [5.74, 6) is -3.07. The summed E-state index contributed by atoms with van der Waals surface area (Å²) in [5, 5.41) is 9.01. The number of nitro groups is 1. The highest BCUT2D eigenvalue weighted by molar-refractivity contribution is 8.13. The number of hydrogen-bond acceptors (Lipinski definition) is 5. The molecule has 0 amide bonds. The number of halogens is 7. The Morgan fingerprint density at radius 1 is 1.15 bits per heavy atom. The number of ether oxygens (including phenoxy) is 1. The quantitative estimate of drug-likeness (QED) is 0.187. The molecular weight excluding hydrogens is 465 g/mol. The van der Waals surface area contributed by atoms with Crippen LogP contribution in [-0.2, 0) is 15.2 Å². The second-order valence-corrected chi connectivity index (χ2v) is 8.11. The van der Waals surface area contributed by atoms with E-state index in [0.29, 0.717) is 12.1 Å². The van der Waals surface area contributed by atoms with Gasteiger partial charge in [-0.2, -0.15) is 13.2 Å². The van der Waals surface area contributed by atoms with Gasteiger partial charge in [0.15, 0.2) is 16.5 Å². The molecule has 0 aliphatic carbocycles. The van der Waals surface area contributed by atoms with Crippen molar-refractivity contribution in [3.63, 3.8) is 0 Å². The van der Waals surface area contributed by atoms with Crippen LogP contribution in [0.15, 0.2) is 29.2 Å². The Bertz CT molecular complexity index is 1040. The van der Waals surface area contributed by atoms with E-state index < -0.39 is 63.7 Å². The van der Waals surface area contributed by atoms with E-state index in [4.69, 9.17) is 38.6 Å². The van der Waals surface area contributed by atoms with Crippen LogP contribution in [0.2, 0.25) is 10.0 Å². The minimum Gasteiger partial charge on any atom is -0.454 e. The van der Waals surface area contributed by atoms with Gasteiger partial charge in [-0.3, -0.25) is 10.1 Å². The molecule has 2 aromatic rings. The Kier molecular flexibility index (Phi) is 5.81. The van der Waals surface area contributed by atoms with E-state index in [0.717, 1.165) is 6.07 Å². The SMILES string of the molecule is O=[N+]([O-])c1ccc(Oc2c(Cl)cc(C(F)(F)F)c(F)c2Cl)cc1S(=O)(=O)Cl. The molecule has 2 aromatic carbocycles. The first-order valence-electron chi connectivity index (χ1n) is 6.39. The number of hydrogen-bond donors (Lipinski definition) is 0. The zero-order chi connectivity index (χ0) is 20.7. The average molecular weight is 469 g/mol. The minimum absolute atomic E-state index is 0.225. The Balaban J connectivity index is 2.59. The maximum Gasteiger partial charge on any atom is 0.419 e. The van der Waals surface area contributed by atoms with Crippen molar-refractivity contribution in [3.8, 4) is 11.5 Å². The van der Waals surface area contributed by atoms with Crippen LogP contribution in [0.1, 0.15) is 5.56 Å². The van der Waals surface area contributed by atoms with Gasteiger partial charge in [0.2, 0.25) is 0 Å². The molecule has 0 radical (unpaired) electrons. The lowest BCUT2D eigenvalue weighted by atomic mass is 10.2. The highest BCUT2D eigenvalue weighted by atomic mass is 35.7. The molecular formula is C13H4Cl3F4NO5S. The smallest absolute Gasteiger partial charge is 0.419 e. The van der Waals surface area contributed by atoms with E-state index in [9.17, 15) is 36.1 Å². The highest BCUT2D eigenvalue weighted by Gasteiger charge is 2.37. The standard InChI is InChI=1S/C13H4Cl3F4NO5S/c14-7-4-6(13(18,19)20)11(17)10(15)12(7)26-5-1-2-8(21(22)23)9(3-5)27(16,24)25/h1-4H. The van der Waals surface area contributed by atoms with Crippen molar-refractivity contribution >= 4 is 48.6 Å². The van der Waals surface area contributed by atoms with Gasteiger partial charge >= 0.3 is 6.18 Å². The van der Waals surface area contributed by atoms with Crippen LogP contribution in [0.4, 0.5) is 23.2 Å². The van der Waals surface area contributed by atoms with Crippen molar-refractivity contribution in [2.24, 2.45) is 0 Å². The molecule has 0 unspecified atom stereocenters. The maximum absolute atomic E-state index is 13.9. The zero-order valence-electron chi connectivity index (χ0n) is 12.4. The van der Waals surface area contributed by atoms with Gasteiger partial charge in [-0.25, -0.2) is 12.8 Å². The summed E-state index contributed by atoms with van der Waals surface area (Å²) < 4.78 is 80.1. The molecule has 0 atom stereocenters. The molecule has 0 aliphatic heterocycles. The maximum atomic E-state index is 13.9. The zero-order valence-corrected chi connectivity index (χ0v) is 15.4. The molecule has 14 heteroatoms. The lowest BCUT2D eigenvalue weighted by molar-refractivity contribution is -0.387. The third-order valence-electron chi connectivity index (χ3n) is 3.03. The summed E-state index contributed by atoms with van der Waals surface area (Å²) in [6, 6.07) is 2.45. The fraction of sp³-hybridized carbons (Fsp3) is 0.0769. The van der Waals surface area contributed by atoms with Crippen LogP contribution in [0.25, 0.3) is 0 Å². The summed E-state index contributed by atoms with van der Waals surface area (Å²) >= 11 is 11.2. The Hall–Kier alpha value is -1.82. The predicted molar refractivity (Wildman–Crippen MR) is 87.6 cm³/mol. The lowest BCUT2D eigenvalue weighted by Crippen LogP contribution is -2.09. The van der Waals surface area contributed by atoms with E-state index >= 15 is 0 Å². The Morgan fingerprint density at radius 2 is 1.74 bits per heavy atom. The van der Waals surface area contributed by atoms with Crippen molar-refractivity contribution in [2.75, 3.05) is 0 Å². The van der Waals surface area contributed by atoms with Crippen molar-refractivity contribution in [1.82, 2.24) is 0 Å². The van der Waals surface area contributed by atoms with E-state index in [2.05, 4.69) is 0 Å². The Morgan fingerprint density at radius 3 is 2.22 bits per heavy atom. The summed E-state index contributed by atoms with van der Waals surface area (Å²) in [7, 11) is 0.531. The van der Waals surface area contributed by atoms with Gasteiger partial charge in [0.25, 0.3) is 14.7 Å². The average Bonchev–Trinajstić information content (AvgIpc) is 2.52. The summed E-state index contributed by atoms with van der Waals surface area (Å²) in [6.45, 7) is 0. The molecule has 0 heterocycles. The van der Waals surface area contributed by atoms with E-state index in [1.54, 1.807) is 0 Å². The van der Waals surface area contributed by atoms with Crippen LogP contribution in [0, 0.1) is 15.9 Å². The minimum atomic E-state index is -5.08. The molecule has 2 rings (SSSR count). The summed E-state index contributed by atoms with van der Waals surface area (Å²) in [6.07, 6.45) is -5.08. The molecule has 146 valence electrons. The number of rotatable bonds is 4. The van der Waals surface area contributed by atoms with Crippen LogP contribution >= 0.6 is 33.9 Å². The van der Waals surface area contributed by atoms with Crippen LogP contribution in [-0.4, -0.2) is 13.3 Å². The molecule has 0 fully saturated rings. The molecule has 0 aliphatic rings. The van der Waals surface area contributed by atoms with Crippen LogP contribution in [0.3, 0.4) is 0 Å². The van der Waals surface area contributed by atoms with Gasteiger partial charge in [-0.15, -0.1) is 0 Å². The van der Waals surface area contributed by atoms with Gasteiger partial charge in [-0.05, 0) is 12.1 Å². The third kappa shape index (κ3) is 4.54. The molecule has 0 aromatic heterocycles. The summed E-state index contributed by atoms with van der Waals surface area (Å²) in [5.41, 5.74) is -2.62. The molecule has 27 heavy (non-hydrogen) atoms. The van der Waals surface area contributed by atoms with Crippen molar-refractivity contribution < 1.29 is 35.6 Å². The Labute approximate surface area is 162 Å². The van der Waals surface area contributed by atoms with Gasteiger partial charge in [-0.1, -0.05) is 23.2 Å². The van der Waals surface area contributed by atoms with Gasteiger partial charge in [0, 0.05) is 22.8 Å². The third-order valence-corrected chi connectivity index (χ3v) is 5.00. The van der Waals surface area contributed by atoms with E-state index in [-0.39, 0.29) is 6.07 Å². The summed E-state index contributed by atoms with van der Waals surface area (Å²) in [4.78, 5) is 8.88. The van der Waals surface area contributed by atoms with Crippen molar-refractivity contribution in [3.05, 3.63) is 55.8 Å². The fourth-order valence-electron chi connectivity index (χ4n) is 1.90. The van der Waals surface area contributed by atoms with Gasteiger partial charge in [0.1, 0.15) is 10.8 Å². The van der Waals surface area contributed by atoms with Gasteiger partial charge < -0.3 is 4.74 Å². The first-order valence-corrected chi connectivity index (χ1v) is 9.45. The fourth-order valence-corrected chi connectivity index (χ4v) is 3.45. The van der Waals surface area contributed by atoms with E-state index in [1.165, 1.54) is 0 Å². The lowest BCUT2D eigenvalue weighted by Gasteiger charge is -2.15. The van der Waals surface area contributed by atoms with Crippen molar-refractivity contribution in [2.45, 2.75) is 11.1 Å². The second kappa shape index (κ2) is 7.30. The number of alkyl halides is 3. The molecule has 0 spiro atoms. The number of benzene rings is 2. The van der Waals surface area contributed by atoms with E-state index in [1.807, 2.05) is 0 Å². The normalized spacial score (nSPS) is 12.1. The molecule has 0 saturated carbocycles. The van der Waals surface area contributed by atoms with Crippen LogP contribution < -0.4 is 4.74 Å². The first-order chi connectivity index (χ1) is 12.2. The van der Waals surface area contributed by atoms with Gasteiger partial charge in [0.05, 0.1) is 15.5 Å². The number of nitrogens with zero attached hydrogens (tertiary/aromatic N) is 1. The predicted octanol–water partition coefficient (Wildman–Crippen LogP) is 5.78. The molecule has 0 N–H and O–H groups in total. The molecule has 6 nitrogen and oxygen atoms in total. The highest BCUT2D eigenvalue weighted by Crippen LogP contribution is 2.44. The topological polar surface area (TPSA) is 86.5 Å². The van der Waals surface area contributed by atoms with Crippen LogP contribution in [0.5, 0.6) is 11.5 Å². The molecule has 0 bridgehead atoms. The first kappa shape index (κ1) is 21.5. The van der Waals surface area contributed by atoms with Crippen molar-refractivity contribution in [1.29, 1.82) is 0 Å². The second-order valence-electron chi connectivity index (χ2n) is 4.79. The molecule has 0 saturated heterocycles.